The zero-order valence-corrected chi connectivity index (χ0v) is 12.2. The summed E-state index contributed by atoms with van der Waals surface area (Å²) in [6.07, 6.45) is 2.90. The van der Waals surface area contributed by atoms with E-state index in [1.54, 1.807) is 18.3 Å². The fraction of sp³-hybridized carbons (Fsp3) is 0.538. The molecule has 1 unspecified atom stereocenters. The first kappa shape index (κ1) is 14.8. The number of pyridine rings is 1. The molecule has 0 aromatic carbocycles. The van der Waals surface area contributed by atoms with Gasteiger partial charge in [-0.3, -0.25) is 4.79 Å². The second kappa shape index (κ2) is 6.21. The lowest BCUT2D eigenvalue weighted by Crippen LogP contribution is -2.43. The Morgan fingerprint density at radius 2 is 2.30 bits per heavy atom. The second-order valence-electron chi connectivity index (χ2n) is 4.86. The van der Waals surface area contributed by atoms with Gasteiger partial charge in [0, 0.05) is 18.8 Å². The summed E-state index contributed by atoms with van der Waals surface area (Å²) in [5.74, 6) is 0.479. The van der Waals surface area contributed by atoms with Crippen LogP contribution in [0.2, 0.25) is 0 Å². The predicted molar refractivity (Wildman–Crippen MR) is 77.5 cm³/mol. The van der Waals surface area contributed by atoms with Crippen molar-refractivity contribution in [2.45, 2.75) is 25.8 Å². The lowest BCUT2D eigenvalue weighted by molar-refractivity contribution is 0.0939. The lowest BCUT2D eigenvalue weighted by atomic mass is 10.1. The molecule has 110 valence electrons. The first-order valence-corrected chi connectivity index (χ1v) is 8.54. The molecule has 20 heavy (non-hydrogen) atoms. The van der Waals surface area contributed by atoms with Crippen molar-refractivity contribution in [3.63, 3.8) is 0 Å². The molecule has 1 saturated heterocycles. The van der Waals surface area contributed by atoms with Crippen molar-refractivity contribution in [3.8, 4) is 0 Å². The summed E-state index contributed by atoms with van der Waals surface area (Å²) in [5.41, 5.74) is 0.442. The molecule has 0 saturated carbocycles. The Kier molecular flexibility index (Phi) is 4.59. The molecule has 7 heteroatoms. The van der Waals surface area contributed by atoms with E-state index in [1.165, 1.54) is 0 Å². The van der Waals surface area contributed by atoms with Crippen molar-refractivity contribution in [2.24, 2.45) is 0 Å². The number of carbonyl (C=O) groups excluding carboxylic acids is 1. The summed E-state index contributed by atoms with van der Waals surface area (Å²) in [7, 11) is -3.03. The molecule has 6 nitrogen and oxygen atoms in total. The van der Waals surface area contributed by atoms with Gasteiger partial charge >= 0.3 is 0 Å². The van der Waals surface area contributed by atoms with Gasteiger partial charge in [0.1, 0.15) is 5.82 Å². The Morgan fingerprint density at radius 3 is 3.00 bits per heavy atom. The maximum atomic E-state index is 12.2. The molecule has 0 aliphatic carbocycles. The molecule has 1 aromatic heterocycles. The van der Waals surface area contributed by atoms with E-state index in [-0.39, 0.29) is 23.5 Å². The van der Waals surface area contributed by atoms with E-state index in [9.17, 15) is 13.2 Å². The highest BCUT2D eigenvalue weighted by molar-refractivity contribution is 7.91. The molecule has 1 aromatic rings. The Morgan fingerprint density at radius 1 is 1.50 bits per heavy atom. The number of rotatable bonds is 4. The Labute approximate surface area is 118 Å². The van der Waals surface area contributed by atoms with E-state index < -0.39 is 9.84 Å². The molecule has 0 spiro atoms. The fourth-order valence-corrected chi connectivity index (χ4v) is 3.93. The first-order valence-electron chi connectivity index (χ1n) is 6.72. The van der Waals surface area contributed by atoms with Crippen LogP contribution in [-0.4, -0.2) is 43.4 Å². The van der Waals surface area contributed by atoms with Crippen molar-refractivity contribution in [1.82, 2.24) is 10.3 Å². The molecule has 1 atom stereocenters. The van der Waals surface area contributed by atoms with Gasteiger partial charge in [-0.25, -0.2) is 13.4 Å². The second-order valence-corrected chi connectivity index (χ2v) is 7.09. The minimum Gasteiger partial charge on any atom is -0.370 e. The monoisotopic (exact) mass is 297 g/mol. The molecule has 0 radical (unpaired) electrons. The molecule has 1 fully saturated rings. The zero-order chi connectivity index (χ0) is 14.6. The van der Waals surface area contributed by atoms with Crippen molar-refractivity contribution in [1.29, 1.82) is 0 Å². The molecular weight excluding hydrogens is 278 g/mol. The van der Waals surface area contributed by atoms with Crippen molar-refractivity contribution >= 4 is 21.6 Å². The van der Waals surface area contributed by atoms with Crippen LogP contribution in [0.1, 0.15) is 30.1 Å². The van der Waals surface area contributed by atoms with Gasteiger partial charge in [0.05, 0.1) is 17.1 Å². The van der Waals surface area contributed by atoms with Gasteiger partial charge in [-0.1, -0.05) is 0 Å². The highest BCUT2D eigenvalue weighted by Gasteiger charge is 2.26. The number of aromatic nitrogens is 1. The van der Waals surface area contributed by atoms with Gasteiger partial charge in [-0.15, -0.1) is 0 Å². The highest BCUT2D eigenvalue weighted by atomic mass is 32.2. The topological polar surface area (TPSA) is 88.2 Å². The van der Waals surface area contributed by atoms with Crippen molar-refractivity contribution in [2.75, 3.05) is 23.4 Å². The van der Waals surface area contributed by atoms with E-state index in [4.69, 9.17) is 0 Å². The fourth-order valence-electron chi connectivity index (χ4n) is 2.30. The zero-order valence-electron chi connectivity index (χ0n) is 11.4. The third-order valence-corrected chi connectivity index (χ3v) is 5.02. The minimum absolute atomic E-state index is 0.0234. The summed E-state index contributed by atoms with van der Waals surface area (Å²) < 4.78 is 23.1. The van der Waals surface area contributed by atoms with E-state index in [0.717, 1.165) is 0 Å². The van der Waals surface area contributed by atoms with E-state index in [0.29, 0.717) is 30.8 Å². The molecular formula is C13H19N3O3S. The number of hydrogen-bond acceptors (Lipinski definition) is 5. The van der Waals surface area contributed by atoms with E-state index in [1.807, 2.05) is 6.92 Å². The Bertz CT molecular complexity index is 586. The molecule has 1 amide bonds. The summed E-state index contributed by atoms with van der Waals surface area (Å²) in [4.78, 5) is 16.4. The molecule has 2 rings (SSSR count). The summed E-state index contributed by atoms with van der Waals surface area (Å²) >= 11 is 0. The van der Waals surface area contributed by atoms with Gasteiger partial charge in [0.25, 0.3) is 5.91 Å². The quantitative estimate of drug-likeness (QED) is 0.859. The number of carbonyl (C=O) groups is 1. The smallest absolute Gasteiger partial charge is 0.255 e. The van der Waals surface area contributed by atoms with Crippen molar-refractivity contribution < 1.29 is 13.2 Å². The van der Waals surface area contributed by atoms with Crippen LogP contribution in [0.3, 0.4) is 0 Å². The number of sulfone groups is 1. The van der Waals surface area contributed by atoms with Crippen LogP contribution in [0.25, 0.3) is 0 Å². The number of hydrogen-bond donors (Lipinski definition) is 2. The molecule has 0 bridgehead atoms. The first-order chi connectivity index (χ1) is 9.52. The van der Waals surface area contributed by atoms with Crippen molar-refractivity contribution in [3.05, 3.63) is 23.9 Å². The van der Waals surface area contributed by atoms with Crippen LogP contribution in [0.5, 0.6) is 0 Å². The summed E-state index contributed by atoms with van der Waals surface area (Å²) in [5, 5.41) is 5.81. The predicted octanol–water partition coefficient (Wildman–Crippen LogP) is 0.820. The lowest BCUT2D eigenvalue weighted by Gasteiger charge is -2.23. The molecule has 2 heterocycles. The van der Waals surface area contributed by atoms with Gasteiger partial charge in [-0.05, 0) is 31.9 Å². The van der Waals surface area contributed by atoms with Gasteiger partial charge in [-0.2, -0.15) is 0 Å². The van der Waals surface area contributed by atoms with Crippen LogP contribution >= 0.6 is 0 Å². The third-order valence-electron chi connectivity index (χ3n) is 3.19. The van der Waals surface area contributed by atoms with E-state index >= 15 is 0 Å². The maximum absolute atomic E-state index is 12.2. The molecule has 2 N–H and O–H groups in total. The normalized spacial score (nSPS) is 21.1. The van der Waals surface area contributed by atoms with Crippen LogP contribution < -0.4 is 10.6 Å². The van der Waals surface area contributed by atoms with Gasteiger partial charge < -0.3 is 10.6 Å². The van der Waals surface area contributed by atoms with Crippen LogP contribution in [0.15, 0.2) is 18.3 Å². The molecule has 1 aliphatic heterocycles. The van der Waals surface area contributed by atoms with E-state index in [2.05, 4.69) is 15.6 Å². The Balaban J connectivity index is 2.08. The average Bonchev–Trinajstić information content (AvgIpc) is 2.38. The van der Waals surface area contributed by atoms with Crippen LogP contribution in [-0.2, 0) is 9.84 Å². The third kappa shape index (κ3) is 3.69. The summed E-state index contributed by atoms with van der Waals surface area (Å²) in [6, 6.07) is 3.06. The number of nitrogens with zero attached hydrogens (tertiary/aromatic N) is 1. The standard InChI is InChI=1S/C13H19N3O3S/c1-2-14-12-11(6-3-7-15-12)13(17)16-10-5-4-8-20(18,19)9-10/h3,6-7,10H,2,4-5,8-9H2,1H3,(H,14,15)(H,16,17). The van der Waals surface area contributed by atoms with Crippen LogP contribution in [0.4, 0.5) is 5.82 Å². The summed E-state index contributed by atoms with van der Waals surface area (Å²) in [6.45, 7) is 2.58. The largest absolute Gasteiger partial charge is 0.370 e. The maximum Gasteiger partial charge on any atom is 0.255 e. The number of anilines is 1. The van der Waals surface area contributed by atoms with Crippen LogP contribution in [0, 0.1) is 0 Å². The Hall–Kier alpha value is -1.63. The minimum atomic E-state index is -3.03. The molecule has 1 aliphatic rings. The number of nitrogens with one attached hydrogen (secondary N) is 2. The SMILES string of the molecule is CCNc1ncccc1C(=O)NC1CCCS(=O)(=O)C1. The van der Waals surface area contributed by atoms with Gasteiger partial charge in [0.2, 0.25) is 0 Å². The number of amides is 1. The average molecular weight is 297 g/mol. The van der Waals surface area contributed by atoms with Gasteiger partial charge in [0.15, 0.2) is 9.84 Å². The highest BCUT2D eigenvalue weighted by Crippen LogP contribution is 2.15.